The fraction of sp³-hybridized carbons (Fsp3) is 0.394. The molecule has 0 bridgehead atoms. The molecule has 1 fully saturated rings. The van der Waals surface area contributed by atoms with Crippen molar-refractivity contribution >= 4 is 11.7 Å². The molecule has 3 aromatic carbocycles. The van der Waals surface area contributed by atoms with Crippen molar-refractivity contribution in [1.82, 2.24) is 10.2 Å². The van der Waals surface area contributed by atoms with E-state index in [1.807, 2.05) is 6.07 Å². The molecule has 1 aliphatic carbocycles. The first kappa shape index (κ1) is 25.3. The largest absolute Gasteiger partial charge is 0.352 e. The summed E-state index contributed by atoms with van der Waals surface area (Å²) >= 11 is 0. The zero-order valence-corrected chi connectivity index (χ0v) is 22.1. The van der Waals surface area contributed by atoms with Crippen molar-refractivity contribution < 1.29 is 4.79 Å². The molecule has 2 unspecified atom stereocenters. The number of carbonyl (C=O) groups excluding carboxylic acids is 1. The highest BCUT2D eigenvalue weighted by Crippen LogP contribution is 2.36. The Bertz CT molecular complexity index is 1130. The standard InChI is InChI=1S/C33H39N3O/c1-24(2)30-31(33(37)34-28-21-13-6-14-22-28)36(23-25-15-7-3-8-16-25)32(35-30)29(26-17-9-4-10-18-26)27-19-11-5-12-20-27/h3-5,7-12,15-20,24,28-31H,6,13-14,21-23H2,1-2H3,(H,34,37). The van der Waals surface area contributed by atoms with Gasteiger partial charge in [-0.2, -0.15) is 0 Å². The summed E-state index contributed by atoms with van der Waals surface area (Å²) in [5, 5.41) is 3.45. The summed E-state index contributed by atoms with van der Waals surface area (Å²) in [6, 6.07) is 31.5. The van der Waals surface area contributed by atoms with Crippen LogP contribution in [0.25, 0.3) is 0 Å². The Morgan fingerprint density at radius 2 is 1.38 bits per heavy atom. The van der Waals surface area contributed by atoms with Crippen LogP contribution in [0.5, 0.6) is 0 Å². The van der Waals surface area contributed by atoms with Crippen LogP contribution in [0, 0.1) is 5.92 Å². The van der Waals surface area contributed by atoms with Crippen molar-refractivity contribution in [2.45, 2.75) is 76.5 Å². The summed E-state index contributed by atoms with van der Waals surface area (Å²) in [7, 11) is 0. The van der Waals surface area contributed by atoms with Crippen LogP contribution >= 0.6 is 0 Å². The molecule has 192 valence electrons. The second-order valence-electron chi connectivity index (χ2n) is 10.9. The summed E-state index contributed by atoms with van der Waals surface area (Å²) in [6.07, 6.45) is 5.82. The van der Waals surface area contributed by atoms with Gasteiger partial charge in [-0.05, 0) is 35.4 Å². The van der Waals surface area contributed by atoms with Crippen LogP contribution < -0.4 is 5.32 Å². The normalized spacial score (nSPS) is 20.3. The molecule has 4 nitrogen and oxygen atoms in total. The van der Waals surface area contributed by atoms with Gasteiger partial charge in [0.05, 0.1) is 12.0 Å². The summed E-state index contributed by atoms with van der Waals surface area (Å²) in [5.41, 5.74) is 3.58. The second-order valence-corrected chi connectivity index (χ2v) is 10.9. The first-order chi connectivity index (χ1) is 18.1. The van der Waals surface area contributed by atoms with E-state index < -0.39 is 0 Å². The van der Waals surface area contributed by atoms with E-state index in [2.05, 4.69) is 109 Å². The van der Waals surface area contributed by atoms with E-state index in [4.69, 9.17) is 4.99 Å². The van der Waals surface area contributed by atoms with Crippen LogP contribution in [0.3, 0.4) is 0 Å². The van der Waals surface area contributed by atoms with Gasteiger partial charge in [0.1, 0.15) is 11.9 Å². The maximum atomic E-state index is 14.0. The Labute approximate surface area is 221 Å². The minimum atomic E-state index is -0.327. The number of benzene rings is 3. The van der Waals surface area contributed by atoms with Crippen molar-refractivity contribution in [2.24, 2.45) is 10.9 Å². The van der Waals surface area contributed by atoms with Gasteiger partial charge >= 0.3 is 0 Å². The van der Waals surface area contributed by atoms with Crippen molar-refractivity contribution in [2.75, 3.05) is 0 Å². The highest BCUT2D eigenvalue weighted by molar-refractivity contribution is 5.99. The first-order valence-corrected chi connectivity index (χ1v) is 13.9. The van der Waals surface area contributed by atoms with Gasteiger partial charge < -0.3 is 10.2 Å². The van der Waals surface area contributed by atoms with Gasteiger partial charge in [0.2, 0.25) is 5.91 Å². The molecule has 1 saturated carbocycles. The topological polar surface area (TPSA) is 44.7 Å². The lowest BCUT2D eigenvalue weighted by Gasteiger charge is -2.35. The molecule has 1 heterocycles. The number of hydrogen-bond acceptors (Lipinski definition) is 3. The van der Waals surface area contributed by atoms with Gasteiger partial charge in [0.25, 0.3) is 0 Å². The van der Waals surface area contributed by atoms with Crippen molar-refractivity contribution in [1.29, 1.82) is 0 Å². The third-order valence-corrected chi connectivity index (χ3v) is 7.86. The van der Waals surface area contributed by atoms with Gasteiger partial charge in [0, 0.05) is 12.6 Å². The smallest absolute Gasteiger partial charge is 0.245 e. The van der Waals surface area contributed by atoms with Crippen LogP contribution in [0.2, 0.25) is 0 Å². The van der Waals surface area contributed by atoms with E-state index in [9.17, 15) is 4.79 Å². The number of rotatable bonds is 8. The van der Waals surface area contributed by atoms with Crippen molar-refractivity contribution in [3.8, 4) is 0 Å². The molecule has 1 amide bonds. The van der Waals surface area contributed by atoms with Crippen LogP contribution in [0.15, 0.2) is 96.0 Å². The van der Waals surface area contributed by atoms with E-state index >= 15 is 0 Å². The Morgan fingerprint density at radius 1 is 0.838 bits per heavy atom. The maximum Gasteiger partial charge on any atom is 0.245 e. The number of carbonyl (C=O) groups is 1. The first-order valence-electron chi connectivity index (χ1n) is 13.9. The Morgan fingerprint density at radius 3 is 1.92 bits per heavy atom. The number of nitrogens with zero attached hydrogens (tertiary/aromatic N) is 2. The molecule has 0 radical (unpaired) electrons. The maximum absolute atomic E-state index is 14.0. The molecule has 5 rings (SSSR count). The lowest BCUT2D eigenvalue weighted by atomic mass is 9.89. The fourth-order valence-corrected chi connectivity index (χ4v) is 5.95. The number of nitrogens with one attached hydrogen (secondary N) is 1. The quantitative estimate of drug-likeness (QED) is 0.385. The number of amides is 1. The summed E-state index contributed by atoms with van der Waals surface area (Å²) < 4.78 is 0. The lowest BCUT2D eigenvalue weighted by molar-refractivity contribution is -0.126. The third-order valence-electron chi connectivity index (χ3n) is 7.86. The average molecular weight is 494 g/mol. The molecular weight excluding hydrogens is 454 g/mol. The molecule has 1 N–H and O–H groups in total. The molecule has 37 heavy (non-hydrogen) atoms. The molecule has 4 heteroatoms. The summed E-state index contributed by atoms with van der Waals surface area (Å²) in [6.45, 7) is 5.04. The van der Waals surface area contributed by atoms with Crippen LogP contribution in [-0.4, -0.2) is 34.8 Å². The van der Waals surface area contributed by atoms with E-state index in [-0.39, 0.29) is 35.9 Å². The van der Waals surface area contributed by atoms with Crippen molar-refractivity contribution in [3.05, 3.63) is 108 Å². The predicted molar refractivity (Wildman–Crippen MR) is 152 cm³/mol. The van der Waals surface area contributed by atoms with E-state index in [0.717, 1.165) is 18.7 Å². The monoisotopic (exact) mass is 493 g/mol. The fourth-order valence-electron chi connectivity index (χ4n) is 5.95. The Balaban J connectivity index is 1.57. The van der Waals surface area contributed by atoms with Crippen LogP contribution in [0.1, 0.15) is 68.6 Å². The SMILES string of the molecule is CC(C)C1N=C(C(c2ccccc2)c2ccccc2)N(Cc2ccccc2)C1C(=O)NC1CCCCC1. The molecule has 3 aromatic rings. The minimum Gasteiger partial charge on any atom is -0.352 e. The molecule has 0 aromatic heterocycles. The summed E-state index contributed by atoms with van der Waals surface area (Å²) in [4.78, 5) is 21.7. The lowest BCUT2D eigenvalue weighted by Crippen LogP contribution is -2.54. The van der Waals surface area contributed by atoms with Gasteiger partial charge in [-0.3, -0.25) is 9.79 Å². The molecule has 1 aliphatic heterocycles. The zero-order valence-electron chi connectivity index (χ0n) is 22.1. The number of aliphatic imine (C=N–C) groups is 1. The molecule has 2 atom stereocenters. The predicted octanol–water partition coefficient (Wildman–Crippen LogP) is 6.57. The van der Waals surface area contributed by atoms with Gasteiger partial charge in [-0.15, -0.1) is 0 Å². The van der Waals surface area contributed by atoms with Crippen LogP contribution in [-0.2, 0) is 11.3 Å². The minimum absolute atomic E-state index is 0.0418. The number of hydrogen-bond donors (Lipinski definition) is 1. The highest BCUT2D eigenvalue weighted by Gasteiger charge is 2.45. The molecular formula is C33H39N3O. The number of amidine groups is 1. The zero-order chi connectivity index (χ0) is 25.6. The highest BCUT2D eigenvalue weighted by atomic mass is 16.2. The Hall–Kier alpha value is -3.40. The molecule has 0 spiro atoms. The van der Waals surface area contributed by atoms with E-state index in [1.165, 1.54) is 36.0 Å². The van der Waals surface area contributed by atoms with Crippen LogP contribution in [0.4, 0.5) is 0 Å². The molecule has 0 saturated heterocycles. The van der Waals surface area contributed by atoms with Gasteiger partial charge in [-0.25, -0.2) is 0 Å². The van der Waals surface area contributed by atoms with Crippen molar-refractivity contribution in [3.63, 3.8) is 0 Å². The van der Waals surface area contributed by atoms with Gasteiger partial charge in [0.15, 0.2) is 0 Å². The summed E-state index contributed by atoms with van der Waals surface area (Å²) in [5.74, 6) is 1.31. The van der Waals surface area contributed by atoms with E-state index in [0.29, 0.717) is 6.54 Å². The van der Waals surface area contributed by atoms with E-state index in [1.54, 1.807) is 0 Å². The van der Waals surface area contributed by atoms with Gasteiger partial charge in [-0.1, -0.05) is 124 Å². The third kappa shape index (κ3) is 5.79. The Kier molecular flexibility index (Phi) is 8.03. The second kappa shape index (κ2) is 11.8. The molecule has 2 aliphatic rings. The average Bonchev–Trinajstić information content (AvgIpc) is 3.30.